The van der Waals surface area contributed by atoms with Crippen molar-refractivity contribution >= 4 is 25.8 Å². The fourth-order valence-corrected chi connectivity index (χ4v) is 5.64. The number of aryl methyl sites for hydroxylation is 1. The second-order valence-corrected chi connectivity index (χ2v) is 10.8. The molecule has 1 aliphatic heterocycles. The molecule has 1 atom stereocenters. The van der Waals surface area contributed by atoms with Crippen molar-refractivity contribution in [2.75, 3.05) is 6.79 Å². The van der Waals surface area contributed by atoms with E-state index in [1.54, 1.807) is 24.3 Å². The minimum Gasteiger partial charge on any atom is -0.492 e. The van der Waals surface area contributed by atoms with Crippen LogP contribution in [0.5, 0.6) is 17.4 Å². The van der Waals surface area contributed by atoms with Gasteiger partial charge in [-0.05, 0) is 54.8 Å². The summed E-state index contributed by atoms with van der Waals surface area (Å²) in [6.07, 6.45) is 2.47. The summed E-state index contributed by atoms with van der Waals surface area (Å²) in [5.41, 5.74) is -0.0443. The van der Waals surface area contributed by atoms with E-state index in [4.69, 9.17) is 9.47 Å². The highest BCUT2D eigenvalue weighted by Gasteiger charge is 2.32. The lowest BCUT2D eigenvalue weighted by atomic mass is 10.0. The zero-order valence-corrected chi connectivity index (χ0v) is 21.2. The summed E-state index contributed by atoms with van der Waals surface area (Å²) >= 11 is 3.28. The summed E-state index contributed by atoms with van der Waals surface area (Å²) in [5, 5.41) is 10.6. The van der Waals surface area contributed by atoms with Gasteiger partial charge in [0.1, 0.15) is 5.82 Å². The van der Waals surface area contributed by atoms with Crippen LogP contribution in [0.1, 0.15) is 50.5 Å². The number of hydrogen-bond donors (Lipinski definition) is 1. The minimum atomic E-state index is -4.32. The molecule has 0 saturated carbocycles. The Hall–Kier alpha value is -2.85. The van der Waals surface area contributed by atoms with Gasteiger partial charge in [-0.15, -0.1) is 0 Å². The van der Waals surface area contributed by atoms with Gasteiger partial charge < -0.3 is 14.6 Å². The van der Waals surface area contributed by atoms with Crippen molar-refractivity contribution in [3.8, 4) is 17.4 Å². The molecule has 0 fully saturated rings. The Morgan fingerprint density at radius 3 is 2.50 bits per heavy atom. The molecule has 1 aromatic heterocycles. The molecule has 3 aromatic rings. The Labute approximate surface area is 206 Å². The third-order valence-electron chi connectivity index (χ3n) is 5.76. The number of aromatic hydroxyl groups is 1. The maximum absolute atomic E-state index is 13.8. The molecule has 180 valence electrons. The lowest BCUT2D eigenvalue weighted by Crippen LogP contribution is -2.33. The first kappa shape index (κ1) is 24.3. The van der Waals surface area contributed by atoms with E-state index in [-0.39, 0.29) is 11.7 Å². The Morgan fingerprint density at radius 1 is 1.12 bits per heavy atom. The number of unbranched alkanes of at least 4 members (excludes halogenated alkanes) is 1. The normalized spacial score (nSPS) is 13.7. The maximum atomic E-state index is 13.8. The van der Waals surface area contributed by atoms with Crippen molar-refractivity contribution in [2.45, 2.75) is 55.4 Å². The number of hydrogen-bond acceptors (Lipinski definition) is 7. The first-order chi connectivity index (χ1) is 16.3. The average Bonchev–Trinajstić information content (AvgIpc) is 3.28. The fourth-order valence-electron chi connectivity index (χ4n) is 4.04. The topological polar surface area (TPSA) is 108 Å². The van der Waals surface area contributed by atoms with Crippen molar-refractivity contribution in [3.05, 3.63) is 68.7 Å². The molecule has 0 unspecified atom stereocenters. The van der Waals surface area contributed by atoms with Crippen LogP contribution in [-0.2, 0) is 16.3 Å². The summed E-state index contributed by atoms with van der Waals surface area (Å²) in [6, 6.07) is 10.8. The Bertz CT molecular complexity index is 1370. The summed E-state index contributed by atoms with van der Waals surface area (Å²) in [4.78, 5) is 17.2. The number of ether oxygens (including phenoxy) is 2. The molecule has 10 heteroatoms. The van der Waals surface area contributed by atoms with Gasteiger partial charge in [0.2, 0.25) is 22.5 Å². The van der Waals surface area contributed by atoms with Crippen LogP contribution in [0.3, 0.4) is 0 Å². The van der Waals surface area contributed by atoms with Gasteiger partial charge in [0, 0.05) is 10.9 Å². The van der Waals surface area contributed by atoms with Gasteiger partial charge >= 0.3 is 0 Å². The van der Waals surface area contributed by atoms with Crippen molar-refractivity contribution in [3.63, 3.8) is 0 Å². The number of benzene rings is 2. The molecule has 2 heterocycles. The maximum Gasteiger partial charge on any atom is 0.277 e. The summed E-state index contributed by atoms with van der Waals surface area (Å²) in [7, 11) is -4.32. The molecule has 1 aliphatic rings. The predicted octanol–water partition coefficient (Wildman–Crippen LogP) is 4.61. The highest BCUT2D eigenvalue weighted by molar-refractivity contribution is 9.10. The molecule has 0 amide bonds. The van der Waals surface area contributed by atoms with E-state index in [1.807, 2.05) is 19.9 Å². The standard InChI is InChI=1S/C24H25BrN2O6S/c1-3-5-6-21-26-23(28)22(34(30,31)17-10-8-16(25)9-11-17)24(29)27(21)18(4-2)15-7-12-19-20(13-15)33-14-32-19/h7-13,18,28H,3-6,14H2,1-2H3/t18-/m0/s1. The van der Waals surface area contributed by atoms with Crippen molar-refractivity contribution in [2.24, 2.45) is 0 Å². The Kier molecular flexibility index (Phi) is 6.99. The van der Waals surface area contributed by atoms with E-state index in [0.29, 0.717) is 34.6 Å². The molecule has 4 rings (SSSR count). The first-order valence-corrected chi connectivity index (χ1v) is 13.3. The lowest BCUT2D eigenvalue weighted by molar-refractivity contribution is 0.174. The number of halogens is 1. The van der Waals surface area contributed by atoms with Crippen LogP contribution >= 0.6 is 15.9 Å². The van der Waals surface area contributed by atoms with Crippen LogP contribution in [0, 0.1) is 0 Å². The van der Waals surface area contributed by atoms with E-state index >= 15 is 0 Å². The molecule has 0 bridgehead atoms. The summed E-state index contributed by atoms with van der Waals surface area (Å²) in [5.74, 6) is 0.729. The molecule has 0 radical (unpaired) electrons. The number of aromatic nitrogens is 2. The molecule has 8 nitrogen and oxygen atoms in total. The van der Waals surface area contributed by atoms with Crippen LogP contribution in [0.15, 0.2) is 61.5 Å². The van der Waals surface area contributed by atoms with Crippen LogP contribution in [-0.4, -0.2) is 29.9 Å². The zero-order valence-electron chi connectivity index (χ0n) is 18.8. The van der Waals surface area contributed by atoms with Gasteiger partial charge in [-0.1, -0.05) is 42.3 Å². The van der Waals surface area contributed by atoms with Gasteiger partial charge in [-0.25, -0.2) is 8.42 Å². The summed E-state index contributed by atoms with van der Waals surface area (Å²) < 4.78 is 39.8. The van der Waals surface area contributed by atoms with Crippen molar-refractivity contribution in [1.82, 2.24) is 9.55 Å². The Balaban J connectivity index is 1.93. The SMILES string of the molecule is CCCCc1nc(O)c(S(=O)(=O)c2ccc(Br)cc2)c(=O)n1[C@@H](CC)c1ccc2c(c1)OCO2. The highest BCUT2D eigenvalue weighted by atomic mass is 79.9. The number of rotatable bonds is 8. The second kappa shape index (κ2) is 9.79. The highest BCUT2D eigenvalue weighted by Crippen LogP contribution is 2.36. The van der Waals surface area contributed by atoms with E-state index in [0.717, 1.165) is 18.4 Å². The van der Waals surface area contributed by atoms with Crippen LogP contribution in [0.2, 0.25) is 0 Å². The Morgan fingerprint density at radius 2 is 1.82 bits per heavy atom. The predicted molar refractivity (Wildman–Crippen MR) is 129 cm³/mol. The number of nitrogens with zero attached hydrogens (tertiary/aromatic N) is 2. The van der Waals surface area contributed by atoms with Crippen LogP contribution < -0.4 is 15.0 Å². The fraction of sp³-hybridized carbons (Fsp3) is 0.333. The molecule has 0 spiro atoms. The molecule has 0 saturated heterocycles. The van der Waals surface area contributed by atoms with E-state index in [9.17, 15) is 18.3 Å². The summed E-state index contributed by atoms with van der Waals surface area (Å²) in [6.45, 7) is 4.03. The van der Waals surface area contributed by atoms with E-state index in [1.165, 1.54) is 16.7 Å². The van der Waals surface area contributed by atoms with Gasteiger partial charge in [0.15, 0.2) is 16.4 Å². The average molecular weight is 549 g/mol. The van der Waals surface area contributed by atoms with Gasteiger partial charge in [0.25, 0.3) is 5.56 Å². The van der Waals surface area contributed by atoms with Gasteiger partial charge in [-0.2, -0.15) is 4.98 Å². The first-order valence-electron chi connectivity index (χ1n) is 11.0. The molecular weight excluding hydrogens is 524 g/mol. The monoisotopic (exact) mass is 548 g/mol. The number of fused-ring (bicyclic) bond motifs is 1. The number of sulfone groups is 1. The van der Waals surface area contributed by atoms with E-state index < -0.39 is 32.2 Å². The van der Waals surface area contributed by atoms with E-state index in [2.05, 4.69) is 20.9 Å². The molecule has 0 aliphatic carbocycles. The van der Waals surface area contributed by atoms with Gasteiger partial charge in [-0.3, -0.25) is 9.36 Å². The zero-order chi connectivity index (χ0) is 24.5. The third kappa shape index (κ3) is 4.44. The largest absolute Gasteiger partial charge is 0.492 e. The smallest absolute Gasteiger partial charge is 0.277 e. The lowest BCUT2D eigenvalue weighted by Gasteiger charge is -2.23. The molecular formula is C24H25BrN2O6S. The minimum absolute atomic E-state index is 0.103. The van der Waals surface area contributed by atoms with Crippen molar-refractivity contribution in [1.29, 1.82) is 0 Å². The molecule has 2 aromatic carbocycles. The second-order valence-electron chi connectivity index (χ2n) is 7.95. The van der Waals surface area contributed by atoms with Crippen LogP contribution in [0.4, 0.5) is 0 Å². The van der Waals surface area contributed by atoms with Crippen LogP contribution in [0.25, 0.3) is 0 Å². The van der Waals surface area contributed by atoms with Gasteiger partial charge in [0.05, 0.1) is 10.9 Å². The third-order valence-corrected chi connectivity index (χ3v) is 8.07. The van der Waals surface area contributed by atoms with Crippen molar-refractivity contribution < 1.29 is 23.0 Å². The molecule has 34 heavy (non-hydrogen) atoms. The molecule has 1 N–H and O–H groups in total. The quantitative estimate of drug-likeness (QED) is 0.437.